The Kier molecular flexibility index (Phi) is 11.5. The van der Waals surface area contributed by atoms with Crippen LogP contribution in [0.15, 0.2) is 48.5 Å². The van der Waals surface area contributed by atoms with Crippen molar-refractivity contribution in [1.82, 2.24) is 0 Å². The van der Waals surface area contributed by atoms with Crippen LogP contribution < -0.4 is 9.47 Å². The second-order valence-corrected chi connectivity index (χ2v) is 10.9. The normalized spacial score (nSPS) is 13.3. The summed E-state index contributed by atoms with van der Waals surface area (Å²) in [4.78, 5) is 40.5. The highest BCUT2D eigenvalue weighted by Gasteiger charge is 2.51. The monoisotopic (exact) mass is 552 g/mol. The SMILES string of the molecule is CCOC(=O)C(C)(CC(C)(/C=C/c1ccc(OC)cc1)C(=O)Oc1c(C(C)C)cccc1C(C)C)C(=O)OCC. The van der Waals surface area contributed by atoms with Crippen LogP contribution >= 0.6 is 0 Å². The van der Waals surface area contributed by atoms with Gasteiger partial charge in [0.2, 0.25) is 0 Å². The molecule has 0 amide bonds. The van der Waals surface area contributed by atoms with Crippen molar-refractivity contribution < 1.29 is 33.3 Å². The van der Waals surface area contributed by atoms with E-state index in [2.05, 4.69) is 0 Å². The molecule has 1 atom stereocenters. The van der Waals surface area contributed by atoms with Gasteiger partial charge in [-0.15, -0.1) is 0 Å². The fraction of sp³-hybridized carbons (Fsp3) is 0.485. The van der Waals surface area contributed by atoms with E-state index in [-0.39, 0.29) is 31.5 Å². The molecular weight excluding hydrogens is 508 g/mol. The number of ether oxygens (including phenoxy) is 4. The number of carbonyl (C=O) groups is 3. The average molecular weight is 553 g/mol. The molecule has 218 valence electrons. The Morgan fingerprint density at radius 2 is 1.30 bits per heavy atom. The summed E-state index contributed by atoms with van der Waals surface area (Å²) in [6.45, 7) is 14.8. The van der Waals surface area contributed by atoms with Crippen LogP contribution in [0, 0.1) is 10.8 Å². The zero-order valence-electron chi connectivity index (χ0n) is 25.3. The third-order valence-electron chi connectivity index (χ3n) is 6.91. The van der Waals surface area contributed by atoms with E-state index in [1.165, 1.54) is 6.92 Å². The first-order chi connectivity index (χ1) is 18.8. The van der Waals surface area contributed by atoms with Crippen molar-refractivity contribution in [2.75, 3.05) is 20.3 Å². The van der Waals surface area contributed by atoms with Crippen LogP contribution in [-0.4, -0.2) is 38.2 Å². The summed E-state index contributed by atoms with van der Waals surface area (Å²) in [7, 11) is 1.59. The predicted octanol–water partition coefficient (Wildman–Crippen LogP) is 7.09. The van der Waals surface area contributed by atoms with Crippen molar-refractivity contribution in [2.45, 2.75) is 73.6 Å². The van der Waals surface area contributed by atoms with E-state index < -0.39 is 28.7 Å². The maximum Gasteiger partial charge on any atom is 0.323 e. The summed E-state index contributed by atoms with van der Waals surface area (Å²) >= 11 is 0. The molecule has 2 rings (SSSR count). The minimum atomic E-state index is -1.75. The fourth-order valence-electron chi connectivity index (χ4n) is 4.55. The van der Waals surface area contributed by atoms with E-state index in [1.54, 1.807) is 40.0 Å². The summed E-state index contributed by atoms with van der Waals surface area (Å²) < 4.78 is 22.0. The Labute approximate surface area is 238 Å². The van der Waals surface area contributed by atoms with Crippen molar-refractivity contribution in [1.29, 1.82) is 0 Å². The number of benzene rings is 2. The van der Waals surface area contributed by atoms with E-state index in [4.69, 9.17) is 18.9 Å². The second kappa shape index (κ2) is 14.1. The molecule has 0 bridgehead atoms. The second-order valence-electron chi connectivity index (χ2n) is 10.9. The smallest absolute Gasteiger partial charge is 0.323 e. The van der Waals surface area contributed by atoms with Gasteiger partial charge in [-0.1, -0.05) is 70.2 Å². The van der Waals surface area contributed by atoms with Gasteiger partial charge in [-0.3, -0.25) is 14.4 Å². The zero-order valence-corrected chi connectivity index (χ0v) is 25.3. The molecule has 2 aromatic rings. The molecular formula is C33H44O7. The Morgan fingerprint density at radius 3 is 1.73 bits per heavy atom. The first kappa shape index (κ1) is 32.6. The highest BCUT2D eigenvalue weighted by Crippen LogP contribution is 2.42. The summed E-state index contributed by atoms with van der Waals surface area (Å²) in [5, 5.41) is 0. The fourth-order valence-corrected chi connectivity index (χ4v) is 4.55. The first-order valence-corrected chi connectivity index (χ1v) is 13.9. The third-order valence-corrected chi connectivity index (χ3v) is 6.91. The number of esters is 3. The van der Waals surface area contributed by atoms with E-state index >= 15 is 0 Å². The molecule has 0 heterocycles. The van der Waals surface area contributed by atoms with Gasteiger partial charge in [0.05, 0.1) is 25.7 Å². The standard InChI is InChI=1S/C33H44O7/c1-10-38-30(35)33(8,31(36)39-11-2)21-32(7,20-19-24-15-17-25(37-9)18-16-24)29(34)40-28-26(22(3)4)13-12-14-27(28)23(5)6/h12-20,22-23H,10-11,21H2,1-9H3/b20-19+. The average Bonchev–Trinajstić information content (AvgIpc) is 2.92. The maximum absolute atomic E-state index is 14.1. The molecule has 7 heteroatoms. The number of rotatable bonds is 13. The van der Waals surface area contributed by atoms with Gasteiger partial charge >= 0.3 is 17.9 Å². The van der Waals surface area contributed by atoms with Crippen LogP contribution in [0.2, 0.25) is 0 Å². The molecule has 0 spiro atoms. The van der Waals surface area contributed by atoms with Gasteiger partial charge < -0.3 is 18.9 Å². The zero-order chi connectivity index (χ0) is 30.1. The highest BCUT2D eigenvalue weighted by molar-refractivity contribution is 6.00. The van der Waals surface area contributed by atoms with Gasteiger partial charge in [0, 0.05) is 0 Å². The van der Waals surface area contributed by atoms with Gasteiger partial charge in [0.15, 0.2) is 5.41 Å². The van der Waals surface area contributed by atoms with Crippen molar-refractivity contribution in [3.05, 3.63) is 65.2 Å². The lowest BCUT2D eigenvalue weighted by atomic mass is 9.72. The van der Waals surface area contributed by atoms with Gasteiger partial charge in [0.25, 0.3) is 0 Å². The summed E-state index contributed by atoms with van der Waals surface area (Å²) in [6, 6.07) is 13.2. The number of para-hydroxylation sites is 1. The molecule has 0 fully saturated rings. The number of hydrogen-bond donors (Lipinski definition) is 0. The minimum absolute atomic E-state index is 0.0796. The summed E-state index contributed by atoms with van der Waals surface area (Å²) in [6.07, 6.45) is 3.24. The van der Waals surface area contributed by atoms with Gasteiger partial charge in [-0.2, -0.15) is 0 Å². The van der Waals surface area contributed by atoms with E-state index in [0.29, 0.717) is 11.5 Å². The molecule has 7 nitrogen and oxygen atoms in total. The Morgan fingerprint density at radius 1 is 0.800 bits per heavy atom. The van der Waals surface area contributed by atoms with Crippen molar-refractivity contribution in [3.8, 4) is 11.5 Å². The van der Waals surface area contributed by atoms with Crippen LogP contribution in [0.3, 0.4) is 0 Å². The Hall–Kier alpha value is -3.61. The highest BCUT2D eigenvalue weighted by atomic mass is 16.6. The molecule has 0 saturated carbocycles. The lowest BCUT2D eigenvalue weighted by molar-refractivity contribution is -0.173. The number of carbonyl (C=O) groups excluding carboxylic acids is 3. The van der Waals surface area contributed by atoms with Gasteiger partial charge in [0.1, 0.15) is 11.5 Å². The van der Waals surface area contributed by atoms with Crippen LogP contribution in [0.5, 0.6) is 11.5 Å². The molecule has 0 aliphatic heterocycles. The first-order valence-electron chi connectivity index (χ1n) is 13.9. The van der Waals surface area contributed by atoms with Crippen LogP contribution in [0.1, 0.15) is 90.3 Å². The largest absolute Gasteiger partial charge is 0.497 e. The summed E-state index contributed by atoms with van der Waals surface area (Å²) in [5.74, 6) is -0.684. The molecule has 0 N–H and O–H groups in total. The van der Waals surface area contributed by atoms with Crippen molar-refractivity contribution >= 4 is 24.0 Å². The molecule has 0 aliphatic rings. The molecule has 0 saturated heterocycles. The Balaban J connectivity index is 2.66. The molecule has 2 aromatic carbocycles. The molecule has 1 unspecified atom stereocenters. The molecule has 0 radical (unpaired) electrons. The lowest BCUT2D eigenvalue weighted by Gasteiger charge is -2.33. The lowest BCUT2D eigenvalue weighted by Crippen LogP contribution is -2.46. The number of methoxy groups -OCH3 is 1. The van der Waals surface area contributed by atoms with Gasteiger partial charge in [-0.05, 0) is 74.8 Å². The predicted molar refractivity (Wildman–Crippen MR) is 156 cm³/mol. The van der Waals surface area contributed by atoms with E-state index in [0.717, 1.165) is 16.7 Å². The summed E-state index contributed by atoms with van der Waals surface area (Å²) in [5.41, 5.74) is -0.548. The van der Waals surface area contributed by atoms with E-state index in [1.807, 2.05) is 70.2 Å². The third kappa shape index (κ3) is 7.74. The van der Waals surface area contributed by atoms with Crippen LogP contribution in [0.4, 0.5) is 0 Å². The van der Waals surface area contributed by atoms with Crippen molar-refractivity contribution in [2.24, 2.45) is 10.8 Å². The topological polar surface area (TPSA) is 88.1 Å². The van der Waals surface area contributed by atoms with E-state index in [9.17, 15) is 14.4 Å². The molecule has 0 aliphatic carbocycles. The quantitative estimate of drug-likeness (QED) is 0.149. The van der Waals surface area contributed by atoms with Gasteiger partial charge in [-0.25, -0.2) is 0 Å². The number of hydrogen-bond acceptors (Lipinski definition) is 7. The molecule has 0 aromatic heterocycles. The van der Waals surface area contributed by atoms with Crippen molar-refractivity contribution in [3.63, 3.8) is 0 Å². The van der Waals surface area contributed by atoms with Crippen LogP contribution in [-0.2, 0) is 23.9 Å². The maximum atomic E-state index is 14.1. The van der Waals surface area contributed by atoms with Crippen LogP contribution in [0.25, 0.3) is 6.08 Å². The Bertz CT molecular complexity index is 1150. The molecule has 40 heavy (non-hydrogen) atoms. The minimum Gasteiger partial charge on any atom is -0.497 e.